The largest absolute Gasteiger partial charge is 0.268 e. The Hall–Kier alpha value is -2.10. The van der Waals surface area contributed by atoms with E-state index in [9.17, 15) is 4.79 Å². The molecule has 3 nitrogen and oxygen atoms in total. The van der Waals surface area contributed by atoms with Crippen molar-refractivity contribution in [3.63, 3.8) is 0 Å². The molecule has 122 valence electrons. The summed E-state index contributed by atoms with van der Waals surface area (Å²) in [5, 5.41) is 7.81. The molecule has 0 spiro atoms. The lowest BCUT2D eigenvalue weighted by Gasteiger charge is -2.10. The summed E-state index contributed by atoms with van der Waals surface area (Å²) in [4.78, 5) is 11.1. The Balaban J connectivity index is 1.85. The number of aromatic amines is 1. The van der Waals surface area contributed by atoms with Crippen LogP contribution in [-0.4, -0.2) is 10.2 Å². The van der Waals surface area contributed by atoms with Crippen LogP contribution in [0.3, 0.4) is 0 Å². The zero-order valence-electron chi connectivity index (χ0n) is 13.1. The van der Waals surface area contributed by atoms with Crippen LogP contribution in [0.1, 0.15) is 27.9 Å². The Morgan fingerprint density at radius 2 is 1.67 bits per heavy atom. The second-order valence-electron chi connectivity index (χ2n) is 5.80. The van der Waals surface area contributed by atoms with Gasteiger partial charge in [0.2, 0.25) is 0 Å². The van der Waals surface area contributed by atoms with Gasteiger partial charge in [0, 0.05) is 22.5 Å². The number of hydrogen-bond donors (Lipinski definition) is 1. The summed E-state index contributed by atoms with van der Waals surface area (Å²) in [6, 6.07) is 15.2. The van der Waals surface area contributed by atoms with Crippen molar-refractivity contribution in [2.24, 2.45) is 0 Å². The summed E-state index contributed by atoms with van der Waals surface area (Å²) in [6.45, 7) is 2.09. The minimum Gasteiger partial charge on any atom is -0.268 e. The van der Waals surface area contributed by atoms with Crippen LogP contribution in [0.2, 0.25) is 10.0 Å². The summed E-state index contributed by atoms with van der Waals surface area (Å²) < 4.78 is 0. The van der Waals surface area contributed by atoms with Gasteiger partial charge in [-0.15, -0.1) is 0 Å². The van der Waals surface area contributed by atoms with Crippen LogP contribution < -0.4 is 5.56 Å². The van der Waals surface area contributed by atoms with Gasteiger partial charge >= 0.3 is 0 Å². The molecule has 5 heteroatoms. The summed E-state index contributed by atoms with van der Waals surface area (Å²) in [5.74, 6) is 0. The molecule has 0 radical (unpaired) electrons. The molecule has 3 aromatic rings. The molecule has 24 heavy (non-hydrogen) atoms. The SMILES string of the molecule is Cc1ccc(Cc2ccc(=O)[nH]n2)cc1Cc1cc(Cl)cc(Cl)c1. The van der Waals surface area contributed by atoms with E-state index in [1.54, 1.807) is 12.1 Å². The molecule has 0 unspecified atom stereocenters. The standard InChI is InChI=1S/C19H16Cl2N2O/c1-12-2-3-13(10-18-4-5-19(24)23-22-18)6-15(12)7-14-8-16(20)11-17(21)9-14/h2-6,8-9,11H,7,10H2,1H3,(H,23,24). The predicted octanol–water partition coefficient (Wildman–Crippen LogP) is 4.57. The molecule has 2 aromatic carbocycles. The summed E-state index contributed by atoms with van der Waals surface area (Å²) in [7, 11) is 0. The highest BCUT2D eigenvalue weighted by Crippen LogP contribution is 2.23. The maximum atomic E-state index is 11.1. The fourth-order valence-corrected chi connectivity index (χ4v) is 3.21. The van der Waals surface area contributed by atoms with Gasteiger partial charge in [-0.05, 0) is 59.9 Å². The second-order valence-corrected chi connectivity index (χ2v) is 6.68. The van der Waals surface area contributed by atoms with E-state index in [0.717, 1.165) is 23.2 Å². The van der Waals surface area contributed by atoms with Gasteiger partial charge in [0.25, 0.3) is 5.56 Å². The first-order valence-electron chi connectivity index (χ1n) is 7.57. The van der Waals surface area contributed by atoms with Crippen molar-refractivity contribution < 1.29 is 0 Å². The smallest absolute Gasteiger partial charge is 0.264 e. The van der Waals surface area contributed by atoms with Crippen molar-refractivity contribution in [2.75, 3.05) is 0 Å². The molecule has 0 atom stereocenters. The van der Waals surface area contributed by atoms with Crippen molar-refractivity contribution in [3.05, 3.63) is 96.9 Å². The monoisotopic (exact) mass is 358 g/mol. The maximum Gasteiger partial charge on any atom is 0.264 e. The van der Waals surface area contributed by atoms with E-state index >= 15 is 0 Å². The zero-order chi connectivity index (χ0) is 17.1. The molecule has 1 heterocycles. The summed E-state index contributed by atoms with van der Waals surface area (Å²) in [5.41, 5.74) is 5.29. The summed E-state index contributed by atoms with van der Waals surface area (Å²) in [6.07, 6.45) is 1.43. The number of benzene rings is 2. The molecule has 0 fully saturated rings. The highest BCUT2D eigenvalue weighted by atomic mass is 35.5. The van der Waals surface area contributed by atoms with Crippen molar-refractivity contribution in [2.45, 2.75) is 19.8 Å². The molecule has 1 aromatic heterocycles. The highest BCUT2D eigenvalue weighted by molar-refractivity contribution is 6.34. The fourth-order valence-electron chi connectivity index (χ4n) is 2.64. The quantitative estimate of drug-likeness (QED) is 0.742. The van der Waals surface area contributed by atoms with E-state index < -0.39 is 0 Å². The van der Waals surface area contributed by atoms with Crippen molar-refractivity contribution >= 4 is 23.2 Å². The van der Waals surface area contributed by atoms with Gasteiger partial charge in [0.1, 0.15) is 0 Å². The molecule has 3 rings (SSSR count). The number of nitrogens with zero attached hydrogens (tertiary/aromatic N) is 1. The molecule has 1 N–H and O–H groups in total. The van der Waals surface area contributed by atoms with E-state index in [1.807, 2.05) is 12.1 Å². The van der Waals surface area contributed by atoms with E-state index in [2.05, 4.69) is 35.3 Å². The molecule has 0 aliphatic heterocycles. The molecule has 0 aliphatic rings. The third-order valence-corrected chi connectivity index (χ3v) is 4.29. The van der Waals surface area contributed by atoms with E-state index in [0.29, 0.717) is 16.5 Å². The topological polar surface area (TPSA) is 45.8 Å². The van der Waals surface area contributed by atoms with Crippen LogP contribution in [0.4, 0.5) is 0 Å². The number of aromatic nitrogens is 2. The van der Waals surface area contributed by atoms with Gasteiger partial charge in [-0.2, -0.15) is 5.10 Å². The maximum absolute atomic E-state index is 11.1. The van der Waals surface area contributed by atoms with Crippen LogP contribution in [0.25, 0.3) is 0 Å². The Bertz CT molecular complexity index is 894. The minimum absolute atomic E-state index is 0.193. The van der Waals surface area contributed by atoms with Gasteiger partial charge in [-0.25, -0.2) is 5.10 Å². The Labute approximate surface area is 150 Å². The van der Waals surface area contributed by atoms with Gasteiger partial charge in [-0.3, -0.25) is 4.79 Å². The molecule has 0 aliphatic carbocycles. The van der Waals surface area contributed by atoms with E-state index in [-0.39, 0.29) is 5.56 Å². The lowest BCUT2D eigenvalue weighted by Crippen LogP contribution is -2.07. The molecule has 0 saturated heterocycles. The predicted molar refractivity (Wildman–Crippen MR) is 98.1 cm³/mol. The third kappa shape index (κ3) is 4.25. The average Bonchev–Trinajstić information content (AvgIpc) is 2.52. The molecule has 0 saturated carbocycles. The minimum atomic E-state index is -0.193. The third-order valence-electron chi connectivity index (χ3n) is 3.85. The van der Waals surface area contributed by atoms with Crippen molar-refractivity contribution in [1.29, 1.82) is 0 Å². The molecule has 0 bridgehead atoms. The Morgan fingerprint density at radius 1 is 0.917 bits per heavy atom. The van der Waals surface area contributed by atoms with Crippen LogP contribution in [0.5, 0.6) is 0 Å². The van der Waals surface area contributed by atoms with Gasteiger partial charge in [-0.1, -0.05) is 41.4 Å². The lowest BCUT2D eigenvalue weighted by atomic mass is 9.97. The number of rotatable bonds is 4. The molecular formula is C19H16Cl2N2O. The number of nitrogens with one attached hydrogen (secondary N) is 1. The van der Waals surface area contributed by atoms with Gasteiger partial charge in [0.15, 0.2) is 0 Å². The number of hydrogen-bond acceptors (Lipinski definition) is 2. The Kier molecular flexibility index (Phi) is 5.03. The van der Waals surface area contributed by atoms with Gasteiger partial charge < -0.3 is 0 Å². The molecule has 0 amide bonds. The fraction of sp³-hybridized carbons (Fsp3) is 0.158. The first kappa shape index (κ1) is 16.7. The van der Waals surface area contributed by atoms with Crippen LogP contribution in [0.15, 0.2) is 53.3 Å². The molecular weight excluding hydrogens is 343 g/mol. The highest BCUT2D eigenvalue weighted by Gasteiger charge is 2.06. The second kappa shape index (κ2) is 7.20. The van der Waals surface area contributed by atoms with Gasteiger partial charge in [0.05, 0.1) is 5.69 Å². The van der Waals surface area contributed by atoms with Crippen molar-refractivity contribution in [1.82, 2.24) is 10.2 Å². The van der Waals surface area contributed by atoms with E-state index in [1.165, 1.54) is 17.2 Å². The first-order valence-corrected chi connectivity index (χ1v) is 8.33. The van der Waals surface area contributed by atoms with Crippen LogP contribution in [-0.2, 0) is 12.8 Å². The van der Waals surface area contributed by atoms with Crippen LogP contribution >= 0.6 is 23.2 Å². The van der Waals surface area contributed by atoms with Crippen molar-refractivity contribution in [3.8, 4) is 0 Å². The lowest BCUT2D eigenvalue weighted by molar-refractivity contribution is 0.909. The number of H-pyrrole nitrogens is 1. The number of aryl methyl sites for hydroxylation is 1. The first-order chi connectivity index (χ1) is 11.5. The summed E-state index contributed by atoms with van der Waals surface area (Å²) >= 11 is 12.2. The van der Waals surface area contributed by atoms with Crippen LogP contribution in [0, 0.1) is 6.92 Å². The Morgan fingerprint density at radius 3 is 2.33 bits per heavy atom. The van der Waals surface area contributed by atoms with E-state index in [4.69, 9.17) is 23.2 Å². The zero-order valence-corrected chi connectivity index (χ0v) is 14.7. The normalized spacial score (nSPS) is 10.8. The average molecular weight is 359 g/mol. The number of halogens is 2.